The molecule has 1 aliphatic heterocycles. The Kier molecular flexibility index (Phi) is 4.86. The summed E-state index contributed by atoms with van der Waals surface area (Å²) in [7, 11) is 0. The van der Waals surface area contributed by atoms with Gasteiger partial charge in [0.1, 0.15) is 5.15 Å². The maximum atomic E-state index is 11.8. The molecular weight excluding hydrogens is 286 g/mol. The van der Waals surface area contributed by atoms with Crippen molar-refractivity contribution in [3.8, 4) is 0 Å². The number of nitro groups is 1. The molecule has 1 atom stereocenters. The van der Waals surface area contributed by atoms with Crippen molar-refractivity contribution < 1.29 is 14.5 Å². The summed E-state index contributed by atoms with van der Waals surface area (Å²) in [5, 5.41) is 13.3. The Bertz CT molecular complexity index is 517. The number of hydrogen-bond donors (Lipinski definition) is 1. The lowest BCUT2D eigenvalue weighted by molar-refractivity contribution is -0.384. The summed E-state index contributed by atoms with van der Waals surface area (Å²) < 4.78 is 5.41. The van der Waals surface area contributed by atoms with Crippen LogP contribution in [0.1, 0.15) is 25.7 Å². The Balaban J connectivity index is 1.96. The van der Waals surface area contributed by atoms with Crippen LogP contribution >= 0.6 is 11.6 Å². The van der Waals surface area contributed by atoms with E-state index in [9.17, 15) is 14.9 Å². The highest BCUT2D eigenvalue weighted by atomic mass is 35.5. The fourth-order valence-electron chi connectivity index (χ4n) is 2.03. The molecule has 1 fully saturated rings. The van der Waals surface area contributed by atoms with E-state index in [1.165, 1.54) is 12.1 Å². The van der Waals surface area contributed by atoms with Crippen molar-refractivity contribution >= 4 is 29.0 Å². The second-order valence-electron chi connectivity index (χ2n) is 4.48. The first-order valence-electron chi connectivity index (χ1n) is 6.28. The molecule has 0 radical (unpaired) electrons. The summed E-state index contributed by atoms with van der Waals surface area (Å²) >= 11 is 5.68. The van der Waals surface area contributed by atoms with E-state index in [0.717, 1.165) is 19.4 Å². The highest BCUT2D eigenvalue weighted by Gasteiger charge is 2.20. The van der Waals surface area contributed by atoms with Crippen molar-refractivity contribution in [2.24, 2.45) is 0 Å². The average molecular weight is 300 g/mol. The predicted molar refractivity (Wildman–Crippen MR) is 72.7 cm³/mol. The number of pyridine rings is 1. The van der Waals surface area contributed by atoms with E-state index in [-0.39, 0.29) is 35.1 Å². The molecule has 0 bridgehead atoms. The molecule has 7 nitrogen and oxygen atoms in total. The molecule has 2 rings (SSSR count). The van der Waals surface area contributed by atoms with E-state index >= 15 is 0 Å². The van der Waals surface area contributed by atoms with Crippen LogP contribution in [0.3, 0.4) is 0 Å². The zero-order valence-electron chi connectivity index (χ0n) is 10.7. The van der Waals surface area contributed by atoms with E-state index in [4.69, 9.17) is 16.3 Å². The van der Waals surface area contributed by atoms with Gasteiger partial charge >= 0.3 is 5.69 Å². The van der Waals surface area contributed by atoms with Crippen LogP contribution in [0.25, 0.3) is 0 Å². The number of aromatic nitrogens is 1. The number of carbonyl (C=O) groups is 1. The lowest BCUT2D eigenvalue weighted by atomic mass is 10.1. The number of anilines is 1. The first-order chi connectivity index (χ1) is 9.56. The van der Waals surface area contributed by atoms with Gasteiger partial charge in [-0.2, -0.15) is 0 Å². The molecule has 1 aromatic heterocycles. The van der Waals surface area contributed by atoms with E-state index in [1.807, 2.05) is 0 Å². The smallest absolute Gasteiger partial charge is 0.311 e. The van der Waals surface area contributed by atoms with Crippen molar-refractivity contribution in [1.82, 2.24) is 4.98 Å². The number of amides is 1. The van der Waals surface area contributed by atoms with Crippen LogP contribution in [0, 0.1) is 10.1 Å². The van der Waals surface area contributed by atoms with Gasteiger partial charge in [0.2, 0.25) is 11.7 Å². The molecular formula is C12H14ClN3O4. The Morgan fingerprint density at radius 2 is 2.40 bits per heavy atom. The molecule has 0 spiro atoms. The quantitative estimate of drug-likeness (QED) is 0.512. The van der Waals surface area contributed by atoms with Gasteiger partial charge in [0, 0.05) is 19.1 Å². The summed E-state index contributed by atoms with van der Waals surface area (Å²) in [6.45, 7) is 0.730. The number of halogens is 1. The van der Waals surface area contributed by atoms with Crippen LogP contribution in [0.2, 0.25) is 5.15 Å². The van der Waals surface area contributed by atoms with Gasteiger partial charge in [0.05, 0.1) is 11.0 Å². The van der Waals surface area contributed by atoms with Gasteiger partial charge in [-0.25, -0.2) is 4.98 Å². The molecule has 1 unspecified atom stereocenters. The lowest BCUT2D eigenvalue weighted by Gasteiger charge is -2.09. The molecule has 8 heteroatoms. The molecule has 1 N–H and O–H groups in total. The van der Waals surface area contributed by atoms with Crippen LogP contribution in [0.15, 0.2) is 12.1 Å². The Morgan fingerprint density at radius 3 is 3.05 bits per heavy atom. The predicted octanol–water partition coefficient (Wildman–Crippen LogP) is 2.54. The fraction of sp³-hybridized carbons (Fsp3) is 0.500. The number of rotatable bonds is 5. The molecule has 0 aliphatic carbocycles. The van der Waals surface area contributed by atoms with E-state index in [0.29, 0.717) is 6.42 Å². The van der Waals surface area contributed by atoms with Crippen LogP contribution < -0.4 is 5.32 Å². The maximum Gasteiger partial charge on any atom is 0.311 e. The van der Waals surface area contributed by atoms with Crippen LogP contribution in [0.4, 0.5) is 11.5 Å². The SMILES string of the molecule is O=C(CCC1CCCO1)Nc1nc(Cl)ccc1[N+](=O)[O-]. The van der Waals surface area contributed by atoms with E-state index in [1.54, 1.807) is 0 Å². The van der Waals surface area contributed by atoms with Crippen LogP contribution in [-0.4, -0.2) is 28.5 Å². The largest absolute Gasteiger partial charge is 0.378 e. The normalized spacial score (nSPS) is 17.9. The fourth-order valence-corrected chi connectivity index (χ4v) is 2.17. The third-order valence-electron chi connectivity index (χ3n) is 3.01. The lowest BCUT2D eigenvalue weighted by Crippen LogP contribution is -2.16. The first-order valence-corrected chi connectivity index (χ1v) is 6.66. The molecule has 1 aromatic rings. The molecule has 1 amide bonds. The Morgan fingerprint density at radius 1 is 1.60 bits per heavy atom. The highest BCUT2D eigenvalue weighted by Crippen LogP contribution is 2.24. The van der Waals surface area contributed by atoms with Crippen molar-refractivity contribution in [2.45, 2.75) is 31.8 Å². The van der Waals surface area contributed by atoms with E-state index in [2.05, 4.69) is 10.3 Å². The monoisotopic (exact) mass is 299 g/mol. The zero-order valence-corrected chi connectivity index (χ0v) is 11.4. The number of hydrogen-bond acceptors (Lipinski definition) is 5. The first kappa shape index (κ1) is 14.7. The topological polar surface area (TPSA) is 94.4 Å². The van der Waals surface area contributed by atoms with Crippen molar-refractivity contribution in [3.05, 3.63) is 27.4 Å². The minimum atomic E-state index is -0.612. The summed E-state index contributed by atoms with van der Waals surface area (Å²) in [5.74, 6) is -0.460. The second-order valence-corrected chi connectivity index (χ2v) is 4.87. The molecule has 1 aliphatic rings. The van der Waals surface area contributed by atoms with Gasteiger partial charge in [0.25, 0.3) is 0 Å². The average Bonchev–Trinajstić information content (AvgIpc) is 2.89. The minimum Gasteiger partial charge on any atom is -0.378 e. The van der Waals surface area contributed by atoms with Gasteiger partial charge < -0.3 is 10.1 Å². The Labute approximate surface area is 120 Å². The van der Waals surface area contributed by atoms with Gasteiger partial charge in [-0.05, 0) is 25.3 Å². The van der Waals surface area contributed by atoms with Crippen molar-refractivity contribution in [2.75, 3.05) is 11.9 Å². The Hall–Kier alpha value is -1.73. The second kappa shape index (κ2) is 6.62. The minimum absolute atomic E-state index is 0.0880. The summed E-state index contributed by atoms with van der Waals surface area (Å²) in [4.78, 5) is 25.8. The summed E-state index contributed by atoms with van der Waals surface area (Å²) in [6.07, 6.45) is 2.88. The number of nitrogens with zero attached hydrogens (tertiary/aromatic N) is 2. The van der Waals surface area contributed by atoms with E-state index < -0.39 is 4.92 Å². The molecule has 0 saturated carbocycles. The number of ether oxygens (including phenoxy) is 1. The molecule has 20 heavy (non-hydrogen) atoms. The molecule has 0 aromatic carbocycles. The third kappa shape index (κ3) is 3.88. The van der Waals surface area contributed by atoms with Crippen molar-refractivity contribution in [3.63, 3.8) is 0 Å². The summed E-state index contributed by atoms with van der Waals surface area (Å²) in [6, 6.07) is 2.52. The molecule has 108 valence electrons. The van der Waals surface area contributed by atoms with Crippen molar-refractivity contribution in [1.29, 1.82) is 0 Å². The molecule has 2 heterocycles. The number of carbonyl (C=O) groups excluding carboxylic acids is 1. The zero-order chi connectivity index (χ0) is 14.5. The molecule has 1 saturated heterocycles. The summed E-state index contributed by atoms with van der Waals surface area (Å²) in [5.41, 5.74) is -0.278. The van der Waals surface area contributed by atoms with Gasteiger partial charge in [-0.1, -0.05) is 11.6 Å². The highest BCUT2D eigenvalue weighted by molar-refractivity contribution is 6.29. The van der Waals surface area contributed by atoms with Gasteiger partial charge in [-0.15, -0.1) is 0 Å². The van der Waals surface area contributed by atoms with Gasteiger partial charge in [0.15, 0.2) is 0 Å². The van der Waals surface area contributed by atoms with Crippen LogP contribution in [-0.2, 0) is 9.53 Å². The number of nitrogens with one attached hydrogen (secondary N) is 1. The maximum absolute atomic E-state index is 11.8. The van der Waals surface area contributed by atoms with Gasteiger partial charge in [-0.3, -0.25) is 14.9 Å². The standard InChI is InChI=1S/C12H14ClN3O4/c13-10-5-4-9(16(18)19)12(14-10)15-11(17)6-3-8-2-1-7-20-8/h4-5,8H,1-3,6-7H2,(H,14,15,17). The third-order valence-corrected chi connectivity index (χ3v) is 3.22. The van der Waals surface area contributed by atoms with Crippen LogP contribution in [0.5, 0.6) is 0 Å².